The van der Waals surface area contributed by atoms with Gasteiger partial charge in [-0.1, -0.05) is 37.3 Å². The quantitative estimate of drug-likeness (QED) is 0.932. The lowest BCUT2D eigenvalue weighted by molar-refractivity contribution is -0.137. The maximum atomic E-state index is 12.6. The Labute approximate surface area is 126 Å². The summed E-state index contributed by atoms with van der Waals surface area (Å²) in [4.78, 5) is 14.7. The molecule has 0 spiro atoms. The van der Waals surface area contributed by atoms with Gasteiger partial charge in [-0.15, -0.1) is 12.4 Å². The third kappa shape index (κ3) is 2.70. The van der Waals surface area contributed by atoms with Crippen LogP contribution < -0.4 is 5.73 Å². The molecule has 1 aliphatic heterocycles. The van der Waals surface area contributed by atoms with Gasteiger partial charge in [0.05, 0.1) is 5.92 Å². The summed E-state index contributed by atoms with van der Waals surface area (Å²) in [6, 6.07) is 10.2. The van der Waals surface area contributed by atoms with E-state index in [-0.39, 0.29) is 30.3 Å². The average molecular weight is 295 g/mol. The summed E-state index contributed by atoms with van der Waals surface area (Å²) < 4.78 is 0. The van der Waals surface area contributed by atoms with Crippen LogP contribution in [0.15, 0.2) is 30.3 Å². The highest BCUT2D eigenvalue weighted by molar-refractivity contribution is 5.85. The van der Waals surface area contributed by atoms with E-state index in [9.17, 15) is 4.79 Å². The third-order valence-corrected chi connectivity index (χ3v) is 4.80. The van der Waals surface area contributed by atoms with Crippen LogP contribution in [0.4, 0.5) is 0 Å². The molecule has 1 saturated carbocycles. The first-order valence-corrected chi connectivity index (χ1v) is 7.28. The van der Waals surface area contributed by atoms with Crippen molar-refractivity contribution in [2.45, 2.75) is 38.3 Å². The highest BCUT2D eigenvalue weighted by Crippen LogP contribution is 2.38. The van der Waals surface area contributed by atoms with E-state index in [1.54, 1.807) is 0 Å². The summed E-state index contributed by atoms with van der Waals surface area (Å²) >= 11 is 0. The maximum absolute atomic E-state index is 12.6. The minimum absolute atomic E-state index is 0. The Morgan fingerprint density at radius 3 is 2.55 bits per heavy atom. The number of hydrogen-bond donors (Lipinski definition) is 1. The highest BCUT2D eigenvalue weighted by atomic mass is 35.5. The summed E-state index contributed by atoms with van der Waals surface area (Å²) in [7, 11) is 0. The number of amides is 1. The lowest BCUT2D eigenvalue weighted by Crippen LogP contribution is -2.43. The Morgan fingerprint density at radius 1 is 1.30 bits per heavy atom. The Bertz CT molecular complexity index is 465. The predicted molar refractivity (Wildman–Crippen MR) is 82.6 cm³/mol. The molecule has 0 aromatic heterocycles. The molecule has 2 aliphatic rings. The lowest BCUT2D eigenvalue weighted by Gasteiger charge is -2.31. The molecule has 2 fully saturated rings. The van der Waals surface area contributed by atoms with Crippen LogP contribution in [0.2, 0.25) is 0 Å². The number of carbonyl (C=O) groups is 1. The molecule has 1 aromatic rings. The molecule has 3 rings (SSSR count). The van der Waals surface area contributed by atoms with E-state index in [4.69, 9.17) is 5.73 Å². The van der Waals surface area contributed by atoms with Crippen molar-refractivity contribution in [1.29, 1.82) is 0 Å². The minimum Gasteiger partial charge on any atom is -0.339 e. The van der Waals surface area contributed by atoms with Crippen molar-refractivity contribution in [2.24, 2.45) is 17.6 Å². The van der Waals surface area contributed by atoms with Crippen LogP contribution in [-0.2, 0) is 4.79 Å². The van der Waals surface area contributed by atoms with Crippen LogP contribution >= 0.6 is 12.4 Å². The van der Waals surface area contributed by atoms with Gasteiger partial charge < -0.3 is 10.6 Å². The van der Waals surface area contributed by atoms with Gasteiger partial charge >= 0.3 is 0 Å². The number of halogens is 1. The van der Waals surface area contributed by atoms with Gasteiger partial charge in [-0.25, -0.2) is 0 Å². The van der Waals surface area contributed by atoms with E-state index in [1.165, 1.54) is 19.3 Å². The van der Waals surface area contributed by atoms with Crippen LogP contribution in [0.5, 0.6) is 0 Å². The largest absolute Gasteiger partial charge is 0.339 e. The second-order valence-corrected chi connectivity index (χ2v) is 6.05. The van der Waals surface area contributed by atoms with Crippen LogP contribution in [0.1, 0.15) is 37.8 Å². The number of carbonyl (C=O) groups excluding carboxylic acids is 1. The number of fused-ring (bicyclic) bond motifs is 2. The van der Waals surface area contributed by atoms with E-state index in [2.05, 4.69) is 4.90 Å². The van der Waals surface area contributed by atoms with Crippen molar-refractivity contribution >= 4 is 18.3 Å². The Morgan fingerprint density at radius 2 is 2.00 bits per heavy atom. The summed E-state index contributed by atoms with van der Waals surface area (Å²) in [5.74, 6) is 0.847. The second-order valence-electron chi connectivity index (χ2n) is 6.05. The molecule has 20 heavy (non-hydrogen) atoms. The van der Waals surface area contributed by atoms with Gasteiger partial charge in [0.2, 0.25) is 5.91 Å². The molecule has 1 heterocycles. The topological polar surface area (TPSA) is 46.3 Å². The highest BCUT2D eigenvalue weighted by Gasteiger charge is 2.42. The normalized spacial score (nSPS) is 27.0. The van der Waals surface area contributed by atoms with E-state index in [0.717, 1.165) is 18.0 Å². The van der Waals surface area contributed by atoms with E-state index >= 15 is 0 Å². The maximum Gasteiger partial charge on any atom is 0.227 e. The molecular formula is C16H23ClN2O. The van der Waals surface area contributed by atoms with Crippen LogP contribution in [0, 0.1) is 11.8 Å². The number of nitrogens with two attached hydrogens (primary N) is 1. The zero-order valence-corrected chi connectivity index (χ0v) is 12.7. The van der Waals surface area contributed by atoms with Gasteiger partial charge in [0.25, 0.3) is 0 Å². The summed E-state index contributed by atoms with van der Waals surface area (Å²) in [5.41, 5.74) is 7.31. The Hall–Kier alpha value is -1.06. The molecule has 2 N–H and O–H groups in total. The summed E-state index contributed by atoms with van der Waals surface area (Å²) in [6.07, 6.45) is 3.69. The predicted octanol–water partition coefficient (Wildman–Crippen LogP) is 2.76. The van der Waals surface area contributed by atoms with Crippen molar-refractivity contribution in [3.8, 4) is 0 Å². The average Bonchev–Trinajstić information content (AvgIpc) is 3.08. The van der Waals surface area contributed by atoms with Crippen molar-refractivity contribution < 1.29 is 4.79 Å². The van der Waals surface area contributed by atoms with Gasteiger partial charge in [-0.2, -0.15) is 0 Å². The first-order chi connectivity index (χ1) is 9.16. The lowest BCUT2D eigenvalue weighted by atomic mass is 9.93. The first-order valence-electron chi connectivity index (χ1n) is 7.28. The monoisotopic (exact) mass is 294 g/mol. The fourth-order valence-corrected chi connectivity index (χ4v) is 3.57. The number of benzene rings is 1. The minimum atomic E-state index is -0.201. The Balaban J connectivity index is 0.00000147. The molecule has 3 nitrogen and oxygen atoms in total. The number of nitrogens with zero attached hydrogens (tertiary/aromatic N) is 1. The fourth-order valence-electron chi connectivity index (χ4n) is 3.57. The van der Waals surface area contributed by atoms with Gasteiger partial charge in [0, 0.05) is 18.6 Å². The zero-order chi connectivity index (χ0) is 13.4. The molecule has 4 heteroatoms. The van der Waals surface area contributed by atoms with E-state index in [1.807, 2.05) is 37.3 Å². The number of rotatable bonds is 3. The Kier molecular flexibility index (Phi) is 4.71. The van der Waals surface area contributed by atoms with Crippen molar-refractivity contribution in [1.82, 2.24) is 4.90 Å². The molecule has 1 aromatic carbocycles. The number of likely N-dealkylation sites (tertiary alicyclic amines) is 1. The van der Waals surface area contributed by atoms with Crippen LogP contribution in [-0.4, -0.2) is 23.4 Å². The molecule has 1 saturated heterocycles. The van der Waals surface area contributed by atoms with Gasteiger partial charge in [-0.3, -0.25) is 4.79 Å². The van der Waals surface area contributed by atoms with E-state index in [0.29, 0.717) is 6.04 Å². The number of piperidine rings is 1. The standard InChI is InChI=1S/C16H22N2O.ClH/c1-11(15(17)13-5-3-2-4-6-13)16(19)18-10-12-7-8-14(18)9-12;/h2-6,11-12,14-15H,7-10,17H2,1H3;1H. The fraction of sp³-hybridized carbons (Fsp3) is 0.562. The van der Waals surface area contributed by atoms with Gasteiger partial charge in [0.1, 0.15) is 0 Å². The third-order valence-electron chi connectivity index (χ3n) is 4.80. The summed E-state index contributed by atoms with van der Waals surface area (Å²) in [6.45, 7) is 2.92. The SMILES string of the molecule is CC(C(=O)N1CC2CCC1C2)C(N)c1ccccc1.Cl. The molecule has 1 amide bonds. The molecule has 4 atom stereocenters. The van der Waals surface area contributed by atoms with Crippen LogP contribution in [0.3, 0.4) is 0 Å². The number of hydrogen-bond acceptors (Lipinski definition) is 2. The molecule has 110 valence electrons. The molecule has 1 aliphatic carbocycles. The van der Waals surface area contributed by atoms with Crippen LogP contribution in [0.25, 0.3) is 0 Å². The van der Waals surface area contributed by atoms with Crippen molar-refractivity contribution in [3.05, 3.63) is 35.9 Å². The molecule has 2 bridgehead atoms. The molecule has 4 unspecified atom stereocenters. The van der Waals surface area contributed by atoms with E-state index < -0.39 is 0 Å². The van der Waals surface area contributed by atoms with Gasteiger partial charge in [-0.05, 0) is 30.7 Å². The van der Waals surface area contributed by atoms with Crippen molar-refractivity contribution in [2.75, 3.05) is 6.54 Å². The summed E-state index contributed by atoms with van der Waals surface area (Å²) in [5, 5.41) is 0. The molecular weight excluding hydrogens is 272 g/mol. The second kappa shape index (κ2) is 6.15. The van der Waals surface area contributed by atoms with Gasteiger partial charge in [0.15, 0.2) is 0 Å². The first kappa shape index (κ1) is 15.3. The smallest absolute Gasteiger partial charge is 0.227 e. The van der Waals surface area contributed by atoms with Crippen molar-refractivity contribution in [3.63, 3.8) is 0 Å². The molecule has 0 radical (unpaired) electrons. The zero-order valence-electron chi connectivity index (χ0n) is 11.9.